The van der Waals surface area contributed by atoms with Crippen LogP contribution < -0.4 is 4.74 Å². The summed E-state index contributed by atoms with van der Waals surface area (Å²) in [6, 6.07) is 7.58. The molecule has 0 aliphatic rings. The fourth-order valence-corrected chi connectivity index (χ4v) is 2.82. The summed E-state index contributed by atoms with van der Waals surface area (Å²) in [5, 5.41) is 0.914. The van der Waals surface area contributed by atoms with Crippen LogP contribution in [0.25, 0.3) is 0 Å². The summed E-state index contributed by atoms with van der Waals surface area (Å²) in [5.74, 6) is 1.04. The highest BCUT2D eigenvalue weighted by atomic mass is 79.9. The van der Waals surface area contributed by atoms with E-state index in [0.717, 1.165) is 16.6 Å². The third kappa shape index (κ3) is 5.53. The van der Waals surface area contributed by atoms with E-state index in [0.29, 0.717) is 18.9 Å². The number of methoxy groups -OCH3 is 1. The number of ether oxygens (including phenoxy) is 2. The molecule has 1 atom stereocenters. The van der Waals surface area contributed by atoms with Gasteiger partial charge in [0, 0.05) is 11.2 Å². The first kappa shape index (κ1) is 17.0. The molecule has 112 valence electrons. The Labute approximate surface area is 129 Å². The van der Waals surface area contributed by atoms with Crippen LogP contribution in [0.3, 0.4) is 0 Å². The summed E-state index contributed by atoms with van der Waals surface area (Å²) in [5.41, 5.74) is 1.13. The molecule has 1 aromatic rings. The van der Waals surface area contributed by atoms with Crippen LogP contribution in [-0.4, -0.2) is 25.0 Å². The van der Waals surface area contributed by atoms with Crippen LogP contribution in [0.2, 0.25) is 0 Å². The molecule has 0 bridgehead atoms. The van der Waals surface area contributed by atoms with E-state index in [4.69, 9.17) is 4.74 Å². The molecule has 20 heavy (non-hydrogen) atoms. The van der Waals surface area contributed by atoms with Gasteiger partial charge in [-0.3, -0.25) is 4.79 Å². The highest BCUT2D eigenvalue weighted by molar-refractivity contribution is 9.09. The van der Waals surface area contributed by atoms with E-state index in [-0.39, 0.29) is 11.4 Å². The average molecular weight is 343 g/mol. The van der Waals surface area contributed by atoms with Crippen LogP contribution in [0.1, 0.15) is 26.3 Å². The minimum absolute atomic E-state index is 0.203. The number of benzene rings is 1. The number of carbonyl (C=O) groups excluding carboxylic acids is 1. The van der Waals surface area contributed by atoms with Gasteiger partial charge in [-0.1, -0.05) is 48.8 Å². The lowest BCUT2D eigenvalue weighted by Gasteiger charge is -2.29. The summed E-state index contributed by atoms with van der Waals surface area (Å²) >= 11 is 3.54. The highest BCUT2D eigenvalue weighted by Gasteiger charge is 2.24. The van der Waals surface area contributed by atoms with Gasteiger partial charge >= 0.3 is 5.97 Å². The number of hydrogen-bond donors (Lipinski definition) is 0. The Hall–Kier alpha value is -1.03. The van der Waals surface area contributed by atoms with Crippen LogP contribution in [0, 0.1) is 11.3 Å². The molecule has 0 saturated heterocycles. The molecule has 0 aliphatic heterocycles. The number of carbonyl (C=O) groups is 1. The molecule has 0 aliphatic carbocycles. The molecule has 1 aromatic carbocycles. The Morgan fingerprint density at radius 3 is 2.30 bits per heavy atom. The Bertz CT molecular complexity index is 420. The van der Waals surface area contributed by atoms with Gasteiger partial charge in [-0.05, 0) is 23.1 Å². The zero-order valence-corrected chi connectivity index (χ0v) is 14.2. The Morgan fingerprint density at radius 1 is 1.25 bits per heavy atom. The second-order valence-electron chi connectivity index (χ2n) is 5.93. The monoisotopic (exact) mass is 342 g/mol. The van der Waals surface area contributed by atoms with Crippen molar-refractivity contribution in [2.75, 3.05) is 19.0 Å². The molecule has 0 fully saturated rings. The van der Waals surface area contributed by atoms with Gasteiger partial charge in [0.05, 0.1) is 20.1 Å². The summed E-state index contributed by atoms with van der Waals surface area (Å²) in [6.07, 6.45) is 0.294. The standard InChI is InChI=1S/C16H23BrO3/c1-16(2,3)13(10-17)11-20-14-7-5-12(6-8-14)9-15(18)19-4/h5-8,13H,9-11H2,1-4H3. The molecule has 0 radical (unpaired) electrons. The lowest BCUT2D eigenvalue weighted by Crippen LogP contribution is -2.27. The molecule has 1 unspecified atom stereocenters. The Balaban J connectivity index is 2.55. The summed E-state index contributed by atoms with van der Waals surface area (Å²) in [7, 11) is 1.40. The minimum Gasteiger partial charge on any atom is -0.493 e. The van der Waals surface area contributed by atoms with Crippen molar-refractivity contribution in [3.63, 3.8) is 0 Å². The van der Waals surface area contributed by atoms with Crippen molar-refractivity contribution in [2.24, 2.45) is 11.3 Å². The number of hydrogen-bond acceptors (Lipinski definition) is 3. The van der Waals surface area contributed by atoms with Crippen LogP contribution >= 0.6 is 15.9 Å². The molecular weight excluding hydrogens is 320 g/mol. The quantitative estimate of drug-likeness (QED) is 0.582. The maximum Gasteiger partial charge on any atom is 0.309 e. The first-order valence-corrected chi connectivity index (χ1v) is 7.83. The first-order chi connectivity index (χ1) is 9.36. The van der Waals surface area contributed by atoms with Gasteiger partial charge in [0.1, 0.15) is 5.75 Å². The van der Waals surface area contributed by atoms with Gasteiger partial charge < -0.3 is 9.47 Å². The summed E-state index contributed by atoms with van der Waals surface area (Å²) in [6.45, 7) is 7.30. The van der Waals surface area contributed by atoms with Crippen molar-refractivity contribution < 1.29 is 14.3 Å². The predicted octanol–water partition coefficient (Wildman–Crippen LogP) is 3.84. The van der Waals surface area contributed by atoms with Gasteiger partial charge in [-0.15, -0.1) is 0 Å². The van der Waals surface area contributed by atoms with Gasteiger partial charge in [0.2, 0.25) is 0 Å². The lowest BCUT2D eigenvalue weighted by atomic mass is 9.83. The minimum atomic E-state index is -0.231. The van der Waals surface area contributed by atoms with Crippen molar-refractivity contribution in [3.8, 4) is 5.75 Å². The third-order valence-electron chi connectivity index (χ3n) is 3.36. The van der Waals surface area contributed by atoms with Crippen molar-refractivity contribution in [1.29, 1.82) is 0 Å². The topological polar surface area (TPSA) is 35.5 Å². The van der Waals surface area contributed by atoms with Crippen molar-refractivity contribution in [3.05, 3.63) is 29.8 Å². The van der Waals surface area contributed by atoms with E-state index in [9.17, 15) is 4.79 Å². The lowest BCUT2D eigenvalue weighted by molar-refractivity contribution is -0.139. The van der Waals surface area contributed by atoms with Gasteiger partial charge in [-0.25, -0.2) is 0 Å². The number of halogens is 1. The molecule has 0 spiro atoms. The zero-order chi connectivity index (χ0) is 15.2. The van der Waals surface area contributed by atoms with Crippen molar-refractivity contribution in [2.45, 2.75) is 27.2 Å². The summed E-state index contributed by atoms with van der Waals surface area (Å²) < 4.78 is 10.5. The first-order valence-electron chi connectivity index (χ1n) is 6.71. The van der Waals surface area contributed by atoms with Crippen LogP contribution in [0.5, 0.6) is 5.75 Å². The number of esters is 1. The van der Waals surface area contributed by atoms with E-state index in [2.05, 4.69) is 41.4 Å². The van der Waals surface area contributed by atoms with Gasteiger partial charge in [0.25, 0.3) is 0 Å². The van der Waals surface area contributed by atoms with E-state index in [1.807, 2.05) is 24.3 Å². The van der Waals surface area contributed by atoms with Gasteiger partial charge in [0.15, 0.2) is 0 Å². The fraction of sp³-hybridized carbons (Fsp3) is 0.562. The van der Waals surface area contributed by atoms with E-state index >= 15 is 0 Å². The maximum absolute atomic E-state index is 11.2. The second-order valence-corrected chi connectivity index (χ2v) is 6.57. The van der Waals surface area contributed by atoms with E-state index in [1.54, 1.807) is 0 Å². The normalized spacial score (nSPS) is 12.8. The second kappa shape index (κ2) is 7.67. The Morgan fingerprint density at radius 2 is 1.85 bits per heavy atom. The smallest absolute Gasteiger partial charge is 0.309 e. The highest BCUT2D eigenvalue weighted by Crippen LogP contribution is 2.28. The maximum atomic E-state index is 11.2. The SMILES string of the molecule is COC(=O)Cc1ccc(OCC(CBr)C(C)(C)C)cc1. The average Bonchev–Trinajstić information content (AvgIpc) is 2.39. The van der Waals surface area contributed by atoms with Crippen LogP contribution in [0.15, 0.2) is 24.3 Å². The third-order valence-corrected chi connectivity index (χ3v) is 4.14. The Kier molecular flexibility index (Phi) is 6.53. The molecule has 0 N–H and O–H groups in total. The molecule has 4 heteroatoms. The molecule has 0 amide bonds. The summed E-state index contributed by atoms with van der Waals surface area (Å²) in [4.78, 5) is 11.2. The predicted molar refractivity (Wildman–Crippen MR) is 84.4 cm³/mol. The van der Waals surface area contributed by atoms with Crippen molar-refractivity contribution in [1.82, 2.24) is 0 Å². The zero-order valence-electron chi connectivity index (χ0n) is 12.6. The largest absolute Gasteiger partial charge is 0.493 e. The number of alkyl halides is 1. The fourth-order valence-electron chi connectivity index (χ4n) is 1.67. The number of rotatable bonds is 6. The molecule has 1 rings (SSSR count). The van der Waals surface area contributed by atoms with Crippen LogP contribution in [0.4, 0.5) is 0 Å². The molecule has 0 saturated carbocycles. The van der Waals surface area contributed by atoms with Crippen LogP contribution in [-0.2, 0) is 16.0 Å². The molecule has 0 aromatic heterocycles. The van der Waals surface area contributed by atoms with Gasteiger partial charge in [-0.2, -0.15) is 0 Å². The molecule has 3 nitrogen and oxygen atoms in total. The van der Waals surface area contributed by atoms with E-state index in [1.165, 1.54) is 7.11 Å². The molecular formula is C16H23BrO3. The van der Waals surface area contributed by atoms with Crippen molar-refractivity contribution >= 4 is 21.9 Å². The molecule has 0 heterocycles. The van der Waals surface area contributed by atoms with E-state index < -0.39 is 0 Å².